The predicted molar refractivity (Wildman–Crippen MR) is 73.3 cm³/mol. The number of hydrogen-bond donors (Lipinski definition) is 1. The molecule has 0 spiro atoms. The van der Waals surface area contributed by atoms with Gasteiger partial charge in [0.25, 0.3) is 0 Å². The van der Waals surface area contributed by atoms with Gasteiger partial charge in [-0.2, -0.15) is 0 Å². The van der Waals surface area contributed by atoms with E-state index in [1.807, 2.05) is 0 Å². The third-order valence-corrected chi connectivity index (χ3v) is 3.23. The summed E-state index contributed by atoms with van der Waals surface area (Å²) in [6.45, 7) is 7.09. The highest BCUT2D eigenvalue weighted by Gasteiger charge is 2.08. The summed E-state index contributed by atoms with van der Waals surface area (Å²) in [7, 11) is 0. The lowest BCUT2D eigenvalue weighted by molar-refractivity contribution is 0.835. The summed E-state index contributed by atoms with van der Waals surface area (Å²) in [5, 5.41) is 1.32. The van der Waals surface area contributed by atoms with Crippen molar-refractivity contribution in [3.05, 3.63) is 40.6 Å². The van der Waals surface area contributed by atoms with Gasteiger partial charge in [0.1, 0.15) is 0 Å². The van der Waals surface area contributed by atoms with E-state index in [4.69, 9.17) is 5.73 Å². The Morgan fingerprint density at radius 1 is 1.12 bits per heavy atom. The third-order valence-electron chi connectivity index (χ3n) is 3.23. The predicted octanol–water partition coefficient (Wildman–Crippen LogP) is 3.05. The first-order valence-electron chi connectivity index (χ1n) is 6.20. The number of fused-ring (bicyclic) bond motifs is 1. The van der Waals surface area contributed by atoms with E-state index >= 15 is 0 Å². The van der Waals surface area contributed by atoms with Crippen LogP contribution in [0, 0.1) is 20.8 Å². The summed E-state index contributed by atoms with van der Waals surface area (Å²) in [4.78, 5) is 4.67. The van der Waals surface area contributed by atoms with Gasteiger partial charge in [-0.3, -0.25) is 4.98 Å². The minimum atomic E-state index is 0.744. The molecule has 0 amide bonds. The minimum Gasteiger partial charge on any atom is -0.330 e. The Morgan fingerprint density at radius 2 is 1.82 bits per heavy atom. The molecule has 0 aliphatic heterocycles. The summed E-state index contributed by atoms with van der Waals surface area (Å²) in [5.74, 6) is 0. The monoisotopic (exact) mass is 228 g/mol. The second-order valence-electron chi connectivity index (χ2n) is 4.74. The Bertz CT molecular complexity index is 544. The van der Waals surface area contributed by atoms with Gasteiger partial charge in [0, 0.05) is 11.1 Å². The van der Waals surface area contributed by atoms with E-state index in [1.165, 1.54) is 22.1 Å². The summed E-state index contributed by atoms with van der Waals surface area (Å²) in [6, 6.07) is 6.53. The maximum Gasteiger partial charge on any atom is 0.0739 e. The van der Waals surface area contributed by atoms with Crippen LogP contribution in [0.15, 0.2) is 18.2 Å². The van der Waals surface area contributed by atoms with E-state index in [1.54, 1.807) is 0 Å². The average Bonchev–Trinajstić information content (AvgIpc) is 2.30. The third kappa shape index (κ3) is 2.32. The minimum absolute atomic E-state index is 0.744. The fraction of sp³-hybridized carbons (Fsp3) is 0.400. The van der Waals surface area contributed by atoms with E-state index < -0.39 is 0 Å². The first-order chi connectivity index (χ1) is 8.13. The summed E-state index contributed by atoms with van der Waals surface area (Å²) < 4.78 is 0. The highest BCUT2D eigenvalue weighted by atomic mass is 14.7. The molecule has 0 aliphatic carbocycles. The Labute approximate surface area is 103 Å². The molecule has 0 unspecified atom stereocenters. The van der Waals surface area contributed by atoms with Crippen LogP contribution in [-0.2, 0) is 6.42 Å². The lowest BCUT2D eigenvalue weighted by atomic mass is 9.97. The van der Waals surface area contributed by atoms with E-state index in [2.05, 4.69) is 44.0 Å². The number of pyridine rings is 1. The van der Waals surface area contributed by atoms with Crippen molar-refractivity contribution >= 4 is 10.9 Å². The van der Waals surface area contributed by atoms with Gasteiger partial charge in [0.05, 0.1) is 5.52 Å². The molecule has 0 fully saturated rings. The quantitative estimate of drug-likeness (QED) is 0.877. The number of rotatable bonds is 3. The highest BCUT2D eigenvalue weighted by Crippen LogP contribution is 2.25. The molecule has 0 atom stereocenters. The van der Waals surface area contributed by atoms with Gasteiger partial charge in [0.15, 0.2) is 0 Å². The Hall–Kier alpha value is -1.41. The smallest absolute Gasteiger partial charge is 0.0739 e. The molecule has 1 aromatic carbocycles. The first-order valence-corrected chi connectivity index (χ1v) is 6.20. The van der Waals surface area contributed by atoms with Crippen LogP contribution >= 0.6 is 0 Å². The van der Waals surface area contributed by atoms with Crippen molar-refractivity contribution in [1.29, 1.82) is 0 Å². The van der Waals surface area contributed by atoms with Crippen LogP contribution in [0.2, 0.25) is 0 Å². The SMILES string of the molecule is Cc1cc(CCCN)c2c(C)ccc(C)c2n1. The number of aromatic nitrogens is 1. The zero-order chi connectivity index (χ0) is 12.4. The molecule has 0 saturated heterocycles. The molecule has 0 radical (unpaired) electrons. The van der Waals surface area contributed by atoms with Gasteiger partial charge in [0.2, 0.25) is 0 Å². The Morgan fingerprint density at radius 3 is 2.53 bits per heavy atom. The zero-order valence-electron chi connectivity index (χ0n) is 10.9. The van der Waals surface area contributed by atoms with Crippen LogP contribution in [0.5, 0.6) is 0 Å². The normalized spacial score (nSPS) is 11.1. The van der Waals surface area contributed by atoms with Crippen molar-refractivity contribution < 1.29 is 0 Å². The average molecular weight is 228 g/mol. The van der Waals surface area contributed by atoms with Crippen LogP contribution in [-0.4, -0.2) is 11.5 Å². The van der Waals surface area contributed by atoms with Crippen molar-refractivity contribution in [2.24, 2.45) is 5.73 Å². The van der Waals surface area contributed by atoms with Crippen LogP contribution in [0.4, 0.5) is 0 Å². The molecular weight excluding hydrogens is 208 g/mol. The molecule has 2 rings (SSSR count). The van der Waals surface area contributed by atoms with Gasteiger partial charge < -0.3 is 5.73 Å². The largest absolute Gasteiger partial charge is 0.330 e. The van der Waals surface area contributed by atoms with Crippen LogP contribution in [0.25, 0.3) is 10.9 Å². The molecule has 2 N–H and O–H groups in total. The fourth-order valence-corrected chi connectivity index (χ4v) is 2.37. The molecule has 90 valence electrons. The Balaban J connectivity index is 2.68. The van der Waals surface area contributed by atoms with Crippen molar-refractivity contribution in [2.75, 3.05) is 6.54 Å². The summed E-state index contributed by atoms with van der Waals surface area (Å²) >= 11 is 0. The molecule has 1 aromatic heterocycles. The van der Waals surface area contributed by atoms with Gasteiger partial charge in [-0.15, -0.1) is 0 Å². The standard InChI is InChI=1S/C15H20N2/c1-10-6-7-11(2)15-14(10)13(5-4-8-16)9-12(3)17-15/h6-7,9H,4-5,8,16H2,1-3H3. The van der Waals surface area contributed by atoms with E-state index in [-0.39, 0.29) is 0 Å². The number of hydrogen-bond acceptors (Lipinski definition) is 2. The summed E-state index contributed by atoms with van der Waals surface area (Å²) in [6.07, 6.45) is 2.08. The van der Waals surface area contributed by atoms with Crippen LogP contribution in [0.1, 0.15) is 28.8 Å². The number of benzene rings is 1. The molecule has 17 heavy (non-hydrogen) atoms. The van der Waals surface area contributed by atoms with Crippen molar-refractivity contribution in [2.45, 2.75) is 33.6 Å². The topological polar surface area (TPSA) is 38.9 Å². The second-order valence-corrected chi connectivity index (χ2v) is 4.74. The molecule has 0 bridgehead atoms. The number of aryl methyl sites for hydroxylation is 4. The molecule has 2 aromatic rings. The number of nitrogens with two attached hydrogens (primary N) is 1. The zero-order valence-corrected chi connectivity index (χ0v) is 10.9. The van der Waals surface area contributed by atoms with Gasteiger partial charge in [-0.05, 0) is 62.9 Å². The number of nitrogens with zero attached hydrogens (tertiary/aromatic N) is 1. The van der Waals surface area contributed by atoms with Crippen LogP contribution < -0.4 is 5.73 Å². The lowest BCUT2D eigenvalue weighted by Gasteiger charge is -2.12. The molecule has 1 heterocycles. The Kier molecular flexibility index (Phi) is 3.43. The molecule has 0 aliphatic rings. The maximum atomic E-state index is 5.61. The lowest BCUT2D eigenvalue weighted by Crippen LogP contribution is -2.02. The molecule has 2 nitrogen and oxygen atoms in total. The van der Waals surface area contributed by atoms with Crippen molar-refractivity contribution in [3.8, 4) is 0 Å². The first kappa shape index (κ1) is 12.1. The van der Waals surface area contributed by atoms with E-state index in [0.717, 1.165) is 30.6 Å². The molecular formula is C15H20N2. The van der Waals surface area contributed by atoms with E-state index in [9.17, 15) is 0 Å². The van der Waals surface area contributed by atoms with Gasteiger partial charge in [-0.1, -0.05) is 12.1 Å². The van der Waals surface area contributed by atoms with E-state index in [0.29, 0.717) is 0 Å². The van der Waals surface area contributed by atoms with Crippen molar-refractivity contribution in [3.63, 3.8) is 0 Å². The van der Waals surface area contributed by atoms with Gasteiger partial charge in [-0.25, -0.2) is 0 Å². The molecule has 0 saturated carbocycles. The maximum absolute atomic E-state index is 5.61. The van der Waals surface area contributed by atoms with Crippen molar-refractivity contribution in [1.82, 2.24) is 4.98 Å². The van der Waals surface area contributed by atoms with Crippen LogP contribution in [0.3, 0.4) is 0 Å². The summed E-state index contributed by atoms with van der Waals surface area (Å²) in [5.41, 5.74) is 11.8. The second kappa shape index (κ2) is 4.84. The molecule has 2 heteroatoms. The fourth-order valence-electron chi connectivity index (χ4n) is 2.37. The highest BCUT2D eigenvalue weighted by molar-refractivity contribution is 5.88. The van der Waals surface area contributed by atoms with Gasteiger partial charge >= 0.3 is 0 Å².